The topological polar surface area (TPSA) is 94.8 Å². The summed E-state index contributed by atoms with van der Waals surface area (Å²) < 4.78 is 0. The van der Waals surface area contributed by atoms with Gasteiger partial charge < -0.3 is 15.3 Å². The Morgan fingerprint density at radius 3 is 1.92 bits per heavy atom. The molecule has 3 N–H and O–H groups in total. The van der Waals surface area contributed by atoms with Crippen molar-refractivity contribution in [2.24, 2.45) is 5.92 Å². The average molecular weight is 190 g/mol. The molecule has 0 saturated carbocycles. The van der Waals surface area contributed by atoms with Gasteiger partial charge >= 0.3 is 11.9 Å². The molecule has 0 rings (SSSR count). The minimum absolute atomic E-state index is 0.0650. The maximum atomic E-state index is 10.4. The van der Waals surface area contributed by atoms with Crippen LogP contribution in [-0.2, 0) is 9.59 Å². The van der Waals surface area contributed by atoms with Crippen LogP contribution in [0.2, 0.25) is 0 Å². The fourth-order valence-corrected chi connectivity index (χ4v) is 0.970. The van der Waals surface area contributed by atoms with Crippen molar-refractivity contribution in [3.63, 3.8) is 0 Å². The third-order valence-corrected chi connectivity index (χ3v) is 1.71. The Labute approximate surface area is 76.0 Å². The fourth-order valence-electron chi connectivity index (χ4n) is 0.970. The first-order valence-electron chi connectivity index (χ1n) is 4.08. The van der Waals surface area contributed by atoms with Gasteiger partial charge in [0.15, 0.2) is 5.92 Å². The standard InChI is InChI=1S/C8H14O5/c1-5(9)3-2-4-6(7(10)11)8(12)13/h5-6,9H,2-4H2,1H3,(H,10,11)(H,12,13). The lowest BCUT2D eigenvalue weighted by molar-refractivity contribution is -0.154. The Kier molecular flexibility index (Phi) is 5.06. The molecule has 0 aliphatic rings. The molecule has 76 valence electrons. The van der Waals surface area contributed by atoms with E-state index in [1.54, 1.807) is 6.92 Å². The molecule has 0 aromatic rings. The predicted molar refractivity (Wildman–Crippen MR) is 44.3 cm³/mol. The Morgan fingerprint density at radius 1 is 1.15 bits per heavy atom. The Bertz CT molecular complexity index is 173. The van der Waals surface area contributed by atoms with Crippen LogP contribution in [0.25, 0.3) is 0 Å². The zero-order valence-corrected chi connectivity index (χ0v) is 7.43. The van der Waals surface area contributed by atoms with Gasteiger partial charge in [-0.15, -0.1) is 0 Å². The van der Waals surface area contributed by atoms with Crippen molar-refractivity contribution < 1.29 is 24.9 Å². The van der Waals surface area contributed by atoms with Crippen LogP contribution in [0.1, 0.15) is 26.2 Å². The van der Waals surface area contributed by atoms with Crippen molar-refractivity contribution >= 4 is 11.9 Å². The molecule has 0 bridgehead atoms. The summed E-state index contributed by atoms with van der Waals surface area (Å²) in [4.78, 5) is 20.7. The first-order valence-corrected chi connectivity index (χ1v) is 4.08. The van der Waals surface area contributed by atoms with E-state index in [2.05, 4.69) is 0 Å². The van der Waals surface area contributed by atoms with Crippen LogP contribution in [0.5, 0.6) is 0 Å². The zero-order valence-electron chi connectivity index (χ0n) is 7.43. The number of carboxylic acid groups (broad SMARTS) is 2. The Morgan fingerprint density at radius 2 is 1.62 bits per heavy atom. The number of aliphatic hydroxyl groups excluding tert-OH is 1. The normalized spacial score (nSPS) is 12.8. The van der Waals surface area contributed by atoms with Crippen LogP contribution >= 0.6 is 0 Å². The molecule has 0 spiro atoms. The molecule has 0 heterocycles. The fraction of sp³-hybridized carbons (Fsp3) is 0.750. The largest absolute Gasteiger partial charge is 0.481 e. The van der Waals surface area contributed by atoms with E-state index in [9.17, 15) is 9.59 Å². The van der Waals surface area contributed by atoms with Crippen molar-refractivity contribution in [1.29, 1.82) is 0 Å². The van der Waals surface area contributed by atoms with E-state index in [0.717, 1.165) is 0 Å². The Balaban J connectivity index is 3.84. The molecule has 0 fully saturated rings. The number of aliphatic carboxylic acids is 2. The molecule has 0 radical (unpaired) electrons. The summed E-state index contributed by atoms with van der Waals surface area (Å²) in [7, 11) is 0. The lowest BCUT2D eigenvalue weighted by atomic mass is 10.0. The van der Waals surface area contributed by atoms with Gasteiger partial charge in [-0.05, 0) is 26.2 Å². The summed E-state index contributed by atoms with van der Waals surface area (Å²) in [5, 5.41) is 25.8. The van der Waals surface area contributed by atoms with Gasteiger partial charge in [-0.1, -0.05) is 0 Å². The van der Waals surface area contributed by atoms with Crippen LogP contribution in [0.4, 0.5) is 0 Å². The monoisotopic (exact) mass is 190 g/mol. The first-order chi connectivity index (χ1) is 5.95. The third-order valence-electron chi connectivity index (χ3n) is 1.71. The molecule has 1 atom stereocenters. The third kappa shape index (κ3) is 5.19. The molecular weight excluding hydrogens is 176 g/mol. The molecule has 0 aliphatic heterocycles. The summed E-state index contributed by atoms with van der Waals surface area (Å²) in [6.07, 6.45) is 0.385. The van der Waals surface area contributed by atoms with Gasteiger partial charge in [0.2, 0.25) is 0 Å². The maximum Gasteiger partial charge on any atom is 0.317 e. The first kappa shape index (κ1) is 11.9. The molecule has 13 heavy (non-hydrogen) atoms. The minimum Gasteiger partial charge on any atom is -0.481 e. The number of hydrogen-bond acceptors (Lipinski definition) is 3. The summed E-state index contributed by atoms with van der Waals surface area (Å²) >= 11 is 0. The van der Waals surface area contributed by atoms with E-state index in [4.69, 9.17) is 15.3 Å². The maximum absolute atomic E-state index is 10.4. The van der Waals surface area contributed by atoms with Gasteiger partial charge in [0, 0.05) is 0 Å². The molecule has 0 aromatic heterocycles. The van der Waals surface area contributed by atoms with Crippen LogP contribution in [-0.4, -0.2) is 33.4 Å². The number of carbonyl (C=O) groups is 2. The van der Waals surface area contributed by atoms with Gasteiger partial charge in [-0.2, -0.15) is 0 Å². The van der Waals surface area contributed by atoms with Gasteiger partial charge in [0.1, 0.15) is 0 Å². The molecule has 5 heteroatoms. The molecule has 5 nitrogen and oxygen atoms in total. The van der Waals surface area contributed by atoms with Crippen molar-refractivity contribution in [2.45, 2.75) is 32.3 Å². The van der Waals surface area contributed by atoms with Crippen LogP contribution in [0.3, 0.4) is 0 Å². The molecule has 0 aromatic carbocycles. The summed E-state index contributed by atoms with van der Waals surface area (Å²) in [6, 6.07) is 0. The quantitative estimate of drug-likeness (QED) is 0.524. The number of rotatable bonds is 6. The van der Waals surface area contributed by atoms with Crippen LogP contribution in [0, 0.1) is 5.92 Å². The highest BCUT2D eigenvalue weighted by molar-refractivity contribution is 5.92. The van der Waals surface area contributed by atoms with E-state index < -0.39 is 24.0 Å². The van der Waals surface area contributed by atoms with Crippen molar-refractivity contribution in [3.05, 3.63) is 0 Å². The summed E-state index contributed by atoms with van der Waals surface area (Å²) in [5.41, 5.74) is 0. The van der Waals surface area contributed by atoms with Crippen LogP contribution in [0.15, 0.2) is 0 Å². The van der Waals surface area contributed by atoms with Crippen molar-refractivity contribution in [1.82, 2.24) is 0 Å². The van der Waals surface area contributed by atoms with Gasteiger partial charge in [0.25, 0.3) is 0 Å². The second-order valence-corrected chi connectivity index (χ2v) is 3.01. The highest BCUT2D eigenvalue weighted by Crippen LogP contribution is 2.10. The lowest BCUT2D eigenvalue weighted by Gasteiger charge is -2.07. The molecule has 0 saturated heterocycles. The van der Waals surface area contributed by atoms with E-state index in [-0.39, 0.29) is 6.42 Å². The molecular formula is C8H14O5. The zero-order chi connectivity index (χ0) is 10.4. The average Bonchev–Trinajstić information content (AvgIpc) is 1.95. The SMILES string of the molecule is CC(O)CCCC(C(=O)O)C(=O)O. The molecule has 0 aliphatic carbocycles. The van der Waals surface area contributed by atoms with Gasteiger partial charge in [-0.3, -0.25) is 9.59 Å². The minimum atomic E-state index is -1.35. The van der Waals surface area contributed by atoms with Gasteiger partial charge in [-0.25, -0.2) is 0 Å². The second kappa shape index (κ2) is 5.53. The van der Waals surface area contributed by atoms with Crippen molar-refractivity contribution in [3.8, 4) is 0 Å². The second-order valence-electron chi connectivity index (χ2n) is 3.01. The van der Waals surface area contributed by atoms with E-state index in [1.807, 2.05) is 0 Å². The highest BCUT2D eigenvalue weighted by Gasteiger charge is 2.24. The lowest BCUT2D eigenvalue weighted by Crippen LogP contribution is -2.23. The molecule has 1 unspecified atom stereocenters. The van der Waals surface area contributed by atoms with Crippen LogP contribution < -0.4 is 0 Å². The number of aliphatic hydroxyl groups is 1. The predicted octanol–water partition coefficient (Wildman–Crippen LogP) is 0.323. The smallest absolute Gasteiger partial charge is 0.317 e. The number of carboxylic acids is 2. The number of hydrogen-bond donors (Lipinski definition) is 3. The Hall–Kier alpha value is -1.10. The van der Waals surface area contributed by atoms with E-state index >= 15 is 0 Å². The highest BCUT2D eigenvalue weighted by atomic mass is 16.4. The molecule has 0 amide bonds. The van der Waals surface area contributed by atoms with Gasteiger partial charge in [0.05, 0.1) is 6.10 Å². The van der Waals surface area contributed by atoms with E-state index in [1.165, 1.54) is 0 Å². The summed E-state index contributed by atoms with van der Waals surface area (Å²) in [6.45, 7) is 1.58. The van der Waals surface area contributed by atoms with Crippen molar-refractivity contribution in [2.75, 3.05) is 0 Å². The van der Waals surface area contributed by atoms with E-state index in [0.29, 0.717) is 12.8 Å². The summed E-state index contributed by atoms with van der Waals surface area (Å²) in [5.74, 6) is -3.99.